The second-order valence-electron chi connectivity index (χ2n) is 4.05. The Hall–Kier alpha value is -1.25. The van der Waals surface area contributed by atoms with Crippen LogP contribution in [-0.4, -0.2) is 11.1 Å². The summed E-state index contributed by atoms with van der Waals surface area (Å²) in [6.07, 6.45) is 2.17. The Morgan fingerprint density at radius 1 is 1.12 bits per heavy atom. The number of halogens is 1. The molecule has 0 saturated heterocycles. The smallest absolute Gasteiger partial charge is 0.0406 e. The zero-order chi connectivity index (χ0) is 11.0. The van der Waals surface area contributed by atoms with Crippen LogP contribution < -0.4 is 5.32 Å². The average Bonchev–Trinajstić information content (AvgIpc) is 2.74. The van der Waals surface area contributed by atoms with Crippen molar-refractivity contribution in [2.24, 2.45) is 0 Å². The van der Waals surface area contributed by atoms with Crippen LogP contribution in [-0.2, 0) is 13.1 Å². The van der Waals surface area contributed by atoms with Crippen molar-refractivity contribution in [3.8, 4) is 11.1 Å². The van der Waals surface area contributed by atoms with Gasteiger partial charge in [-0.05, 0) is 23.8 Å². The summed E-state index contributed by atoms with van der Waals surface area (Å²) in [7, 11) is 0. The van der Waals surface area contributed by atoms with E-state index in [0.717, 1.165) is 24.7 Å². The molecule has 1 N–H and O–H groups in total. The van der Waals surface area contributed by atoms with Crippen molar-refractivity contribution < 1.29 is 0 Å². The second-order valence-corrected chi connectivity index (χ2v) is 4.49. The van der Waals surface area contributed by atoms with Gasteiger partial charge in [-0.15, -0.1) is 0 Å². The van der Waals surface area contributed by atoms with E-state index in [0.29, 0.717) is 0 Å². The van der Waals surface area contributed by atoms with Crippen molar-refractivity contribution >= 4 is 11.6 Å². The molecule has 1 aromatic heterocycles. The molecule has 0 bridgehead atoms. The van der Waals surface area contributed by atoms with Gasteiger partial charge in [-0.2, -0.15) is 0 Å². The van der Waals surface area contributed by atoms with Crippen molar-refractivity contribution in [3.63, 3.8) is 0 Å². The first kappa shape index (κ1) is 9.94. The fraction of sp³-hybridized carbons (Fsp3) is 0.231. The predicted molar refractivity (Wildman–Crippen MR) is 66.6 cm³/mol. The van der Waals surface area contributed by atoms with Gasteiger partial charge in [-0.1, -0.05) is 23.7 Å². The zero-order valence-electron chi connectivity index (χ0n) is 8.91. The second kappa shape index (κ2) is 3.96. The third-order valence-corrected chi connectivity index (χ3v) is 3.31. The van der Waals surface area contributed by atoms with E-state index in [2.05, 4.69) is 34.3 Å². The van der Waals surface area contributed by atoms with Crippen molar-refractivity contribution in [2.75, 3.05) is 6.54 Å². The van der Waals surface area contributed by atoms with E-state index in [-0.39, 0.29) is 0 Å². The van der Waals surface area contributed by atoms with Crippen LogP contribution in [0, 0.1) is 0 Å². The molecule has 3 rings (SSSR count). The lowest BCUT2D eigenvalue weighted by atomic mass is 10.1. The molecular formula is C13H13ClN2. The molecule has 0 radical (unpaired) electrons. The van der Waals surface area contributed by atoms with Gasteiger partial charge < -0.3 is 9.88 Å². The minimum absolute atomic E-state index is 0.787. The highest BCUT2D eigenvalue weighted by molar-refractivity contribution is 6.30. The van der Waals surface area contributed by atoms with E-state index in [4.69, 9.17) is 11.6 Å². The first-order valence-electron chi connectivity index (χ1n) is 5.49. The molecule has 1 aliphatic rings. The Morgan fingerprint density at radius 2 is 1.94 bits per heavy atom. The minimum atomic E-state index is 0.787. The molecule has 16 heavy (non-hydrogen) atoms. The molecule has 0 amide bonds. The van der Waals surface area contributed by atoms with Gasteiger partial charge in [0.15, 0.2) is 0 Å². The van der Waals surface area contributed by atoms with Crippen LogP contribution in [0.5, 0.6) is 0 Å². The average molecular weight is 233 g/mol. The molecule has 2 heterocycles. The predicted octanol–water partition coefficient (Wildman–Crippen LogP) is 2.91. The lowest BCUT2D eigenvalue weighted by molar-refractivity contribution is 0.518. The van der Waals surface area contributed by atoms with Gasteiger partial charge in [0.1, 0.15) is 0 Å². The topological polar surface area (TPSA) is 17.0 Å². The van der Waals surface area contributed by atoms with E-state index in [1.807, 2.05) is 12.1 Å². The van der Waals surface area contributed by atoms with Crippen LogP contribution in [0.2, 0.25) is 5.02 Å². The lowest BCUT2D eigenvalue weighted by Crippen LogP contribution is -2.27. The molecule has 82 valence electrons. The Labute approximate surface area is 99.8 Å². The Morgan fingerprint density at radius 3 is 2.75 bits per heavy atom. The molecule has 3 heteroatoms. The number of nitrogens with zero attached hydrogens (tertiary/aromatic N) is 1. The molecule has 0 saturated carbocycles. The summed E-state index contributed by atoms with van der Waals surface area (Å²) < 4.78 is 2.32. The van der Waals surface area contributed by atoms with Gasteiger partial charge >= 0.3 is 0 Å². The SMILES string of the molecule is Clc1ccc(-c2ccn3c2CNCC3)cc1. The van der Waals surface area contributed by atoms with E-state index < -0.39 is 0 Å². The maximum Gasteiger partial charge on any atom is 0.0406 e. The van der Waals surface area contributed by atoms with Crippen LogP contribution in [0.25, 0.3) is 11.1 Å². The number of nitrogens with one attached hydrogen (secondary N) is 1. The number of fused-ring (bicyclic) bond motifs is 1. The van der Waals surface area contributed by atoms with E-state index >= 15 is 0 Å². The van der Waals surface area contributed by atoms with Crippen molar-refractivity contribution in [1.82, 2.24) is 9.88 Å². The van der Waals surface area contributed by atoms with Crippen LogP contribution in [0.1, 0.15) is 5.69 Å². The molecule has 2 nitrogen and oxygen atoms in total. The first-order chi connectivity index (χ1) is 7.84. The van der Waals surface area contributed by atoms with Crippen LogP contribution in [0.15, 0.2) is 36.5 Å². The van der Waals surface area contributed by atoms with Crippen molar-refractivity contribution in [2.45, 2.75) is 13.1 Å². The summed E-state index contributed by atoms with van der Waals surface area (Å²) >= 11 is 5.90. The molecule has 2 aromatic rings. The fourth-order valence-electron chi connectivity index (χ4n) is 2.21. The molecule has 0 aliphatic carbocycles. The molecule has 0 fully saturated rings. The maximum atomic E-state index is 5.90. The molecular weight excluding hydrogens is 220 g/mol. The minimum Gasteiger partial charge on any atom is -0.348 e. The quantitative estimate of drug-likeness (QED) is 0.800. The summed E-state index contributed by atoms with van der Waals surface area (Å²) in [5, 5.41) is 4.19. The zero-order valence-corrected chi connectivity index (χ0v) is 9.67. The highest BCUT2D eigenvalue weighted by Crippen LogP contribution is 2.27. The highest BCUT2D eigenvalue weighted by Gasteiger charge is 2.13. The molecule has 1 aliphatic heterocycles. The summed E-state index contributed by atoms with van der Waals surface area (Å²) in [6.45, 7) is 3.07. The van der Waals surface area contributed by atoms with Crippen molar-refractivity contribution in [1.29, 1.82) is 0 Å². The van der Waals surface area contributed by atoms with Gasteiger partial charge in [0.05, 0.1) is 0 Å². The monoisotopic (exact) mass is 232 g/mol. The summed E-state index contributed by atoms with van der Waals surface area (Å²) in [5.74, 6) is 0. The third kappa shape index (κ3) is 1.64. The summed E-state index contributed by atoms with van der Waals surface area (Å²) in [4.78, 5) is 0. The third-order valence-electron chi connectivity index (χ3n) is 3.06. The Balaban J connectivity index is 2.06. The normalized spacial score (nSPS) is 14.8. The van der Waals surface area contributed by atoms with Gasteiger partial charge in [0.25, 0.3) is 0 Å². The number of benzene rings is 1. The van der Waals surface area contributed by atoms with Crippen molar-refractivity contribution in [3.05, 3.63) is 47.2 Å². The number of rotatable bonds is 1. The molecule has 0 spiro atoms. The summed E-state index contributed by atoms with van der Waals surface area (Å²) in [5.41, 5.74) is 3.92. The number of hydrogen-bond acceptors (Lipinski definition) is 1. The standard InChI is InChI=1S/C13H13ClN2/c14-11-3-1-10(2-4-11)12-5-7-16-8-6-15-9-13(12)16/h1-5,7,15H,6,8-9H2. The molecule has 1 aromatic carbocycles. The van der Waals surface area contributed by atoms with Gasteiger partial charge in [0.2, 0.25) is 0 Å². The number of hydrogen-bond donors (Lipinski definition) is 1. The van der Waals surface area contributed by atoms with Gasteiger partial charge in [0, 0.05) is 42.1 Å². The molecule has 0 unspecified atom stereocenters. The lowest BCUT2D eigenvalue weighted by Gasteiger charge is -2.18. The van der Waals surface area contributed by atoms with E-state index in [1.54, 1.807) is 0 Å². The first-order valence-corrected chi connectivity index (χ1v) is 5.87. The summed E-state index contributed by atoms with van der Waals surface area (Å²) in [6, 6.07) is 10.2. The Kier molecular flexibility index (Phi) is 2.46. The largest absolute Gasteiger partial charge is 0.348 e. The van der Waals surface area contributed by atoms with Gasteiger partial charge in [-0.25, -0.2) is 0 Å². The maximum absolute atomic E-state index is 5.90. The van der Waals surface area contributed by atoms with Crippen LogP contribution >= 0.6 is 11.6 Å². The van der Waals surface area contributed by atoms with Crippen LogP contribution in [0.3, 0.4) is 0 Å². The van der Waals surface area contributed by atoms with E-state index in [1.165, 1.54) is 16.8 Å². The van der Waals surface area contributed by atoms with Gasteiger partial charge in [-0.3, -0.25) is 0 Å². The Bertz CT molecular complexity index is 499. The van der Waals surface area contributed by atoms with Crippen LogP contribution in [0.4, 0.5) is 0 Å². The molecule has 0 atom stereocenters. The van der Waals surface area contributed by atoms with E-state index in [9.17, 15) is 0 Å². The fourth-order valence-corrected chi connectivity index (χ4v) is 2.34. The number of aromatic nitrogens is 1. The highest BCUT2D eigenvalue weighted by atomic mass is 35.5.